The number of methoxy groups -OCH3 is 1. The number of halogens is 1. The van der Waals surface area contributed by atoms with Crippen molar-refractivity contribution in [2.24, 2.45) is 0 Å². The molecule has 0 aromatic heterocycles. The first-order chi connectivity index (χ1) is 5.77. The van der Waals surface area contributed by atoms with Crippen molar-refractivity contribution in [3.63, 3.8) is 0 Å². The van der Waals surface area contributed by atoms with E-state index >= 15 is 0 Å². The van der Waals surface area contributed by atoms with Crippen molar-refractivity contribution in [3.8, 4) is 6.07 Å². The number of nitriles is 1. The zero-order valence-electron chi connectivity index (χ0n) is 6.62. The lowest BCUT2D eigenvalue weighted by atomic mass is 10.1. The molecule has 0 amide bonds. The molecule has 0 radical (unpaired) electrons. The highest BCUT2D eigenvalue weighted by Gasteiger charge is 2.07. The van der Waals surface area contributed by atoms with Crippen LogP contribution in [0.2, 0.25) is 0 Å². The molecule has 0 N–H and O–H groups in total. The van der Waals surface area contributed by atoms with Crippen LogP contribution in [0.5, 0.6) is 0 Å². The van der Waals surface area contributed by atoms with Crippen LogP contribution in [0.25, 0.3) is 0 Å². The number of hydrogen-bond donors (Lipinski definition) is 0. The largest absolute Gasteiger partial charge is 0.362 e. The Hall–Kier alpha value is -1.40. The van der Waals surface area contributed by atoms with E-state index < -0.39 is 6.10 Å². The lowest BCUT2D eigenvalue weighted by Crippen LogP contribution is -1.97. The fourth-order valence-electron chi connectivity index (χ4n) is 0.901. The Morgan fingerprint density at radius 2 is 2.00 bits per heavy atom. The summed E-state index contributed by atoms with van der Waals surface area (Å²) >= 11 is 0. The van der Waals surface area contributed by atoms with Gasteiger partial charge < -0.3 is 4.74 Å². The van der Waals surface area contributed by atoms with E-state index in [-0.39, 0.29) is 5.82 Å². The van der Waals surface area contributed by atoms with Crippen molar-refractivity contribution in [1.82, 2.24) is 0 Å². The SMILES string of the molecule is COC(C#N)c1ccc(F)cc1. The standard InChI is InChI=1S/C9H8FNO/c1-12-9(6-11)7-2-4-8(10)5-3-7/h2-5,9H,1H3. The fourth-order valence-corrected chi connectivity index (χ4v) is 0.901. The lowest BCUT2D eigenvalue weighted by Gasteiger charge is -2.05. The van der Waals surface area contributed by atoms with Crippen LogP contribution < -0.4 is 0 Å². The van der Waals surface area contributed by atoms with Gasteiger partial charge in [-0.2, -0.15) is 5.26 Å². The van der Waals surface area contributed by atoms with Gasteiger partial charge in [0.05, 0.1) is 6.07 Å². The summed E-state index contributed by atoms with van der Waals surface area (Å²) in [5.41, 5.74) is 0.668. The van der Waals surface area contributed by atoms with Crippen LogP contribution in [0.4, 0.5) is 4.39 Å². The quantitative estimate of drug-likeness (QED) is 0.671. The van der Waals surface area contributed by atoms with Gasteiger partial charge >= 0.3 is 0 Å². The van der Waals surface area contributed by atoms with Crippen molar-refractivity contribution < 1.29 is 9.13 Å². The Labute approximate surface area is 70.2 Å². The molecule has 1 aromatic carbocycles. The van der Waals surface area contributed by atoms with E-state index in [2.05, 4.69) is 0 Å². The van der Waals surface area contributed by atoms with Crippen LogP contribution >= 0.6 is 0 Å². The summed E-state index contributed by atoms with van der Waals surface area (Å²) in [7, 11) is 1.44. The molecule has 1 unspecified atom stereocenters. The Bertz CT molecular complexity index is 288. The third-order valence-electron chi connectivity index (χ3n) is 1.53. The molecule has 2 nitrogen and oxygen atoms in total. The fraction of sp³-hybridized carbons (Fsp3) is 0.222. The predicted molar refractivity (Wildman–Crippen MR) is 41.8 cm³/mol. The summed E-state index contributed by atoms with van der Waals surface area (Å²) in [6, 6.07) is 7.62. The van der Waals surface area contributed by atoms with Crippen LogP contribution in [0.1, 0.15) is 11.7 Å². The highest BCUT2D eigenvalue weighted by molar-refractivity contribution is 5.22. The van der Waals surface area contributed by atoms with Gasteiger partial charge in [-0.25, -0.2) is 4.39 Å². The molecule has 1 aromatic rings. The molecule has 0 spiro atoms. The smallest absolute Gasteiger partial charge is 0.168 e. The second-order valence-electron chi connectivity index (χ2n) is 2.30. The van der Waals surface area contributed by atoms with Gasteiger partial charge in [0.15, 0.2) is 6.10 Å². The topological polar surface area (TPSA) is 33.0 Å². The van der Waals surface area contributed by atoms with Gasteiger partial charge in [-0.1, -0.05) is 12.1 Å². The Morgan fingerprint density at radius 1 is 1.42 bits per heavy atom. The highest BCUT2D eigenvalue weighted by Crippen LogP contribution is 2.15. The Kier molecular flexibility index (Phi) is 2.78. The molecule has 0 fully saturated rings. The van der Waals surface area contributed by atoms with Gasteiger partial charge in [0.25, 0.3) is 0 Å². The van der Waals surface area contributed by atoms with Crippen LogP contribution in [0.15, 0.2) is 24.3 Å². The van der Waals surface area contributed by atoms with E-state index in [4.69, 9.17) is 10.00 Å². The first-order valence-electron chi connectivity index (χ1n) is 3.46. The number of rotatable bonds is 2. The van der Waals surface area contributed by atoms with E-state index in [1.165, 1.54) is 31.4 Å². The number of benzene rings is 1. The van der Waals surface area contributed by atoms with Gasteiger partial charge in [0.2, 0.25) is 0 Å². The third-order valence-corrected chi connectivity index (χ3v) is 1.53. The van der Waals surface area contributed by atoms with E-state index in [1.54, 1.807) is 0 Å². The summed E-state index contributed by atoms with van der Waals surface area (Å²) < 4.78 is 17.3. The maximum atomic E-state index is 12.4. The minimum atomic E-state index is -0.606. The second kappa shape index (κ2) is 3.84. The Balaban J connectivity index is 2.89. The molecule has 1 rings (SSSR count). The normalized spacial score (nSPS) is 12.1. The van der Waals surface area contributed by atoms with E-state index in [0.29, 0.717) is 5.56 Å². The molecule has 62 valence electrons. The number of ether oxygens (including phenoxy) is 1. The first kappa shape index (κ1) is 8.69. The van der Waals surface area contributed by atoms with Crippen molar-refractivity contribution in [3.05, 3.63) is 35.6 Å². The summed E-state index contributed by atoms with van der Waals surface area (Å²) in [6.07, 6.45) is -0.606. The molecule has 0 saturated carbocycles. The van der Waals surface area contributed by atoms with E-state index in [1.807, 2.05) is 6.07 Å². The highest BCUT2D eigenvalue weighted by atomic mass is 19.1. The molecule has 0 aliphatic heterocycles. The molecule has 0 aliphatic carbocycles. The van der Waals surface area contributed by atoms with E-state index in [9.17, 15) is 4.39 Å². The first-order valence-corrected chi connectivity index (χ1v) is 3.46. The Morgan fingerprint density at radius 3 is 2.42 bits per heavy atom. The van der Waals surface area contributed by atoms with Gasteiger partial charge in [-0.3, -0.25) is 0 Å². The number of nitrogens with zero attached hydrogens (tertiary/aromatic N) is 1. The zero-order valence-corrected chi connectivity index (χ0v) is 6.62. The molecule has 3 heteroatoms. The minimum Gasteiger partial charge on any atom is -0.362 e. The molecule has 12 heavy (non-hydrogen) atoms. The second-order valence-corrected chi connectivity index (χ2v) is 2.30. The van der Waals surface area contributed by atoms with Gasteiger partial charge in [-0.05, 0) is 17.7 Å². The molecule has 0 saturated heterocycles. The minimum absolute atomic E-state index is 0.313. The zero-order chi connectivity index (χ0) is 8.97. The van der Waals surface area contributed by atoms with Crippen molar-refractivity contribution in [1.29, 1.82) is 5.26 Å². The van der Waals surface area contributed by atoms with Crippen molar-refractivity contribution >= 4 is 0 Å². The monoisotopic (exact) mass is 165 g/mol. The average molecular weight is 165 g/mol. The lowest BCUT2D eigenvalue weighted by molar-refractivity contribution is 0.148. The molecule has 0 bridgehead atoms. The van der Waals surface area contributed by atoms with Crippen LogP contribution in [0, 0.1) is 17.1 Å². The maximum absolute atomic E-state index is 12.4. The number of hydrogen-bond acceptors (Lipinski definition) is 2. The third kappa shape index (κ3) is 1.80. The molecule has 0 heterocycles. The van der Waals surface area contributed by atoms with Crippen LogP contribution in [0.3, 0.4) is 0 Å². The van der Waals surface area contributed by atoms with Crippen molar-refractivity contribution in [2.45, 2.75) is 6.10 Å². The van der Waals surface area contributed by atoms with Crippen LogP contribution in [-0.4, -0.2) is 7.11 Å². The van der Waals surface area contributed by atoms with Gasteiger partial charge in [-0.15, -0.1) is 0 Å². The summed E-state index contributed by atoms with van der Waals surface area (Å²) in [5, 5.41) is 8.58. The molecular formula is C9H8FNO. The summed E-state index contributed by atoms with van der Waals surface area (Å²) in [6.45, 7) is 0. The van der Waals surface area contributed by atoms with E-state index in [0.717, 1.165) is 0 Å². The summed E-state index contributed by atoms with van der Waals surface area (Å²) in [4.78, 5) is 0. The molecular weight excluding hydrogens is 157 g/mol. The average Bonchev–Trinajstić information content (AvgIpc) is 2.10. The van der Waals surface area contributed by atoms with Crippen molar-refractivity contribution in [2.75, 3.05) is 7.11 Å². The summed E-state index contributed by atoms with van der Waals surface area (Å²) in [5.74, 6) is -0.313. The molecule has 1 atom stereocenters. The predicted octanol–water partition coefficient (Wildman–Crippen LogP) is 2.04. The van der Waals surface area contributed by atoms with Gasteiger partial charge in [0.1, 0.15) is 5.82 Å². The van der Waals surface area contributed by atoms with Gasteiger partial charge in [0, 0.05) is 7.11 Å². The molecule has 0 aliphatic rings. The maximum Gasteiger partial charge on any atom is 0.168 e. The van der Waals surface area contributed by atoms with Crippen LogP contribution in [-0.2, 0) is 4.74 Å².